The summed E-state index contributed by atoms with van der Waals surface area (Å²) in [4.78, 5) is 29.6. The van der Waals surface area contributed by atoms with Crippen LogP contribution in [-0.4, -0.2) is 49.3 Å². The lowest BCUT2D eigenvalue weighted by Gasteiger charge is -2.28. The first-order valence-electron chi connectivity index (χ1n) is 16.5. The molecule has 10 nitrogen and oxygen atoms in total. The Morgan fingerprint density at radius 2 is 1.57 bits per heavy atom. The predicted octanol–water partition coefficient (Wildman–Crippen LogP) is 6.39. The second kappa shape index (κ2) is 12.9. The minimum absolute atomic E-state index is 0.172. The van der Waals surface area contributed by atoms with Crippen molar-refractivity contribution in [2.45, 2.75) is 44.7 Å². The number of aryl methyl sites for hydroxylation is 1. The van der Waals surface area contributed by atoms with Crippen molar-refractivity contribution >= 4 is 22.5 Å². The van der Waals surface area contributed by atoms with Gasteiger partial charge in [0.1, 0.15) is 28.8 Å². The molecule has 2 aliphatic carbocycles. The first-order chi connectivity index (χ1) is 23.8. The molecule has 10 heteroatoms. The van der Waals surface area contributed by atoms with E-state index in [2.05, 4.69) is 28.9 Å². The largest absolute Gasteiger partial charge is 0.497 e. The molecule has 0 radical (unpaired) electrons. The standard InChI is InChI=1S/C39H41N5O5/c1-23-12-14-41-19-29(23)32-15-26-16-35(39-13-6-7-31(39)36(39)37(40)45)42-20-30(26)38(43-32)44(21-24-8-10-27(46-2)17-33(24)48-4)22-25-9-11-28(47-3)18-34(25)49-5/h8-12,14-20,31,36H,6-7,13,21-22H2,1-5H3,(H2,40,45). The number of primary amides is 1. The summed E-state index contributed by atoms with van der Waals surface area (Å²) in [7, 11) is 6.60. The lowest BCUT2D eigenvalue weighted by molar-refractivity contribution is -0.120. The van der Waals surface area contributed by atoms with E-state index in [1.165, 1.54) is 0 Å². The zero-order valence-electron chi connectivity index (χ0n) is 28.5. The van der Waals surface area contributed by atoms with Crippen LogP contribution in [0.4, 0.5) is 5.82 Å². The van der Waals surface area contributed by atoms with Gasteiger partial charge in [-0.2, -0.15) is 0 Å². The zero-order chi connectivity index (χ0) is 34.3. The van der Waals surface area contributed by atoms with Gasteiger partial charge in [0.05, 0.1) is 40.1 Å². The van der Waals surface area contributed by atoms with Gasteiger partial charge >= 0.3 is 0 Å². The van der Waals surface area contributed by atoms with Crippen molar-refractivity contribution in [3.63, 3.8) is 0 Å². The van der Waals surface area contributed by atoms with Gasteiger partial charge in [-0.15, -0.1) is 0 Å². The average Bonchev–Trinajstić information content (AvgIpc) is 3.59. The van der Waals surface area contributed by atoms with Crippen molar-refractivity contribution in [3.05, 3.63) is 95.6 Å². The van der Waals surface area contributed by atoms with Crippen LogP contribution in [0, 0.1) is 18.8 Å². The molecule has 3 aromatic heterocycles. The Bertz CT molecular complexity index is 1990. The van der Waals surface area contributed by atoms with Gasteiger partial charge in [-0.05, 0) is 79.1 Å². The van der Waals surface area contributed by atoms with Crippen molar-refractivity contribution < 1.29 is 23.7 Å². The molecule has 2 N–H and O–H groups in total. The second-order valence-electron chi connectivity index (χ2n) is 12.9. The van der Waals surface area contributed by atoms with E-state index in [0.29, 0.717) is 36.1 Å². The van der Waals surface area contributed by atoms with Crippen LogP contribution in [0.5, 0.6) is 23.0 Å². The number of nitrogens with zero attached hydrogens (tertiary/aromatic N) is 4. The van der Waals surface area contributed by atoms with Crippen LogP contribution in [0.3, 0.4) is 0 Å². The summed E-state index contributed by atoms with van der Waals surface area (Å²) >= 11 is 0. The maximum Gasteiger partial charge on any atom is 0.221 e. The third kappa shape index (κ3) is 5.64. The highest BCUT2D eigenvalue weighted by atomic mass is 16.5. The Morgan fingerprint density at radius 3 is 2.14 bits per heavy atom. The minimum atomic E-state index is -0.291. The number of hydrogen-bond acceptors (Lipinski definition) is 9. The Balaban J connectivity index is 1.43. The summed E-state index contributed by atoms with van der Waals surface area (Å²) in [5.41, 5.74) is 11.2. The molecule has 2 fully saturated rings. The third-order valence-electron chi connectivity index (χ3n) is 10.4. The number of aromatic nitrogens is 3. The van der Waals surface area contributed by atoms with E-state index in [1.54, 1.807) is 34.6 Å². The molecule has 0 aliphatic heterocycles. The van der Waals surface area contributed by atoms with Crippen LogP contribution >= 0.6 is 0 Å². The molecular weight excluding hydrogens is 618 g/mol. The van der Waals surface area contributed by atoms with Crippen LogP contribution in [0.25, 0.3) is 22.0 Å². The fourth-order valence-corrected chi connectivity index (χ4v) is 7.91. The lowest BCUT2D eigenvalue weighted by atomic mass is 9.93. The quantitative estimate of drug-likeness (QED) is 0.162. The van der Waals surface area contributed by atoms with E-state index < -0.39 is 0 Å². The number of pyridine rings is 3. The number of amides is 1. The van der Waals surface area contributed by atoms with Gasteiger partial charge in [0.25, 0.3) is 0 Å². The van der Waals surface area contributed by atoms with Crippen LogP contribution in [0.15, 0.2) is 73.2 Å². The topological polar surface area (TPSA) is 122 Å². The molecule has 252 valence electrons. The molecule has 2 aliphatic rings. The third-order valence-corrected chi connectivity index (χ3v) is 10.4. The van der Waals surface area contributed by atoms with E-state index in [4.69, 9.17) is 34.6 Å². The lowest BCUT2D eigenvalue weighted by Crippen LogP contribution is -2.25. The van der Waals surface area contributed by atoms with E-state index in [9.17, 15) is 4.79 Å². The number of benzene rings is 2. The summed E-state index contributed by atoms with van der Waals surface area (Å²) in [5.74, 6) is 3.40. The number of ether oxygens (including phenoxy) is 4. The molecule has 2 aromatic carbocycles. The van der Waals surface area contributed by atoms with Crippen molar-refractivity contribution in [2.75, 3.05) is 33.3 Å². The number of methoxy groups -OCH3 is 4. The van der Waals surface area contributed by atoms with Gasteiger partial charge in [0.2, 0.25) is 5.91 Å². The number of carbonyl (C=O) groups excluding carboxylic acids is 1. The number of carbonyl (C=O) groups is 1. The van der Waals surface area contributed by atoms with Crippen molar-refractivity contribution in [1.29, 1.82) is 0 Å². The molecule has 0 saturated heterocycles. The number of rotatable bonds is 12. The summed E-state index contributed by atoms with van der Waals surface area (Å²) in [6.45, 7) is 2.97. The smallest absolute Gasteiger partial charge is 0.221 e. The molecule has 5 aromatic rings. The Labute approximate surface area is 286 Å². The fourth-order valence-electron chi connectivity index (χ4n) is 7.91. The molecule has 7 rings (SSSR count). The van der Waals surface area contributed by atoms with Crippen LogP contribution < -0.4 is 29.6 Å². The molecule has 0 spiro atoms. The average molecular weight is 660 g/mol. The fraction of sp³-hybridized carbons (Fsp3) is 0.333. The molecule has 3 unspecified atom stereocenters. The molecular formula is C39H41N5O5. The number of fused-ring (bicyclic) bond motifs is 2. The molecule has 3 heterocycles. The molecule has 1 amide bonds. The van der Waals surface area contributed by atoms with E-state index in [-0.39, 0.29) is 23.2 Å². The molecule has 0 bridgehead atoms. The minimum Gasteiger partial charge on any atom is -0.497 e. The normalized spacial score (nSPS) is 19.3. The summed E-state index contributed by atoms with van der Waals surface area (Å²) in [6.07, 6.45) is 8.53. The maximum absolute atomic E-state index is 12.5. The van der Waals surface area contributed by atoms with Gasteiger partial charge in [0.15, 0.2) is 0 Å². The number of nitrogens with two attached hydrogens (primary N) is 1. The van der Waals surface area contributed by atoms with Crippen LogP contribution in [0.2, 0.25) is 0 Å². The molecule has 2 saturated carbocycles. The van der Waals surface area contributed by atoms with Crippen molar-refractivity contribution in [2.24, 2.45) is 17.6 Å². The number of hydrogen-bond donors (Lipinski definition) is 1. The van der Waals surface area contributed by atoms with E-state index >= 15 is 0 Å². The summed E-state index contributed by atoms with van der Waals surface area (Å²) < 4.78 is 22.7. The Morgan fingerprint density at radius 1 is 0.898 bits per heavy atom. The second-order valence-corrected chi connectivity index (χ2v) is 12.9. The van der Waals surface area contributed by atoms with Crippen molar-refractivity contribution in [3.8, 4) is 34.3 Å². The van der Waals surface area contributed by atoms with Gasteiger partial charge in [-0.3, -0.25) is 14.8 Å². The first kappa shape index (κ1) is 32.2. The highest BCUT2D eigenvalue weighted by molar-refractivity contribution is 5.95. The summed E-state index contributed by atoms with van der Waals surface area (Å²) in [6, 6.07) is 17.9. The molecule has 49 heavy (non-hydrogen) atoms. The SMILES string of the molecule is COc1ccc(CN(Cc2ccc(OC)cc2OC)c2nc(-c3cnccc3C)cc3cc(C45CCCC4C5C(N)=O)ncc23)c(OC)c1. The zero-order valence-corrected chi connectivity index (χ0v) is 28.5. The van der Waals surface area contributed by atoms with Gasteiger partial charge in [-0.25, -0.2) is 4.98 Å². The van der Waals surface area contributed by atoms with Gasteiger partial charge < -0.3 is 29.6 Å². The maximum atomic E-state index is 12.5. The molecule has 3 atom stereocenters. The Hall–Kier alpha value is -5.38. The van der Waals surface area contributed by atoms with Crippen LogP contribution in [-0.2, 0) is 23.3 Å². The summed E-state index contributed by atoms with van der Waals surface area (Å²) in [5, 5.41) is 1.87. The van der Waals surface area contributed by atoms with Crippen molar-refractivity contribution in [1.82, 2.24) is 15.0 Å². The monoisotopic (exact) mass is 659 g/mol. The highest BCUT2D eigenvalue weighted by Gasteiger charge is 2.70. The van der Waals surface area contributed by atoms with E-state index in [1.807, 2.05) is 54.9 Å². The van der Waals surface area contributed by atoms with Gasteiger partial charge in [0, 0.05) is 77.0 Å². The highest BCUT2D eigenvalue weighted by Crippen LogP contribution is 2.68. The Kier molecular flexibility index (Phi) is 8.48. The van der Waals surface area contributed by atoms with E-state index in [0.717, 1.165) is 69.5 Å². The van der Waals surface area contributed by atoms with Gasteiger partial charge in [-0.1, -0.05) is 6.42 Å². The predicted molar refractivity (Wildman–Crippen MR) is 188 cm³/mol. The van der Waals surface area contributed by atoms with Crippen LogP contribution in [0.1, 0.15) is 41.6 Å². The first-order valence-corrected chi connectivity index (χ1v) is 16.5. The number of anilines is 1.